The molecule has 4 aromatic rings. The maximum atomic E-state index is 12.9. The van der Waals surface area contributed by atoms with E-state index in [0.29, 0.717) is 17.2 Å². The molecule has 0 spiro atoms. The Bertz CT molecular complexity index is 1060. The number of ether oxygens (including phenoxy) is 1. The van der Waals surface area contributed by atoms with Crippen molar-refractivity contribution in [3.8, 4) is 17.0 Å². The van der Waals surface area contributed by atoms with Gasteiger partial charge in [-0.05, 0) is 60.1 Å². The fourth-order valence-corrected chi connectivity index (χ4v) is 2.94. The first-order chi connectivity index (χ1) is 13.7. The molecule has 2 heterocycles. The molecule has 2 aromatic heterocycles. The van der Waals surface area contributed by atoms with Gasteiger partial charge in [0.25, 0.3) is 5.91 Å². The van der Waals surface area contributed by atoms with Gasteiger partial charge in [0.2, 0.25) is 0 Å². The monoisotopic (exact) mass is 395 g/mol. The lowest BCUT2D eigenvalue weighted by molar-refractivity contribution is 0.0992. The summed E-state index contributed by atoms with van der Waals surface area (Å²) in [6.45, 7) is 0.134. The van der Waals surface area contributed by atoms with Crippen LogP contribution in [0.3, 0.4) is 0 Å². The van der Waals surface area contributed by atoms with Crippen LogP contribution in [0.15, 0.2) is 70.5 Å². The quantitative estimate of drug-likeness (QED) is 0.509. The van der Waals surface area contributed by atoms with E-state index in [0.717, 1.165) is 11.3 Å². The zero-order chi connectivity index (χ0) is 19.3. The summed E-state index contributed by atoms with van der Waals surface area (Å²) >= 11 is 1.28. The number of anilines is 1. The lowest BCUT2D eigenvalue weighted by atomic mass is 10.1. The molecule has 1 amide bonds. The molecule has 0 fully saturated rings. The summed E-state index contributed by atoms with van der Waals surface area (Å²) in [6, 6.07) is 16.2. The molecule has 0 aliphatic carbocycles. The molecule has 140 valence electrons. The van der Waals surface area contributed by atoms with Crippen LogP contribution in [0, 0.1) is 5.82 Å². The second kappa shape index (κ2) is 8.01. The Morgan fingerprint density at radius 2 is 1.86 bits per heavy atom. The normalized spacial score (nSPS) is 10.6. The highest BCUT2D eigenvalue weighted by molar-refractivity contribution is 7.03. The third-order valence-electron chi connectivity index (χ3n) is 3.88. The van der Waals surface area contributed by atoms with Gasteiger partial charge in [0.1, 0.15) is 29.6 Å². The second-order valence-electron chi connectivity index (χ2n) is 5.83. The lowest BCUT2D eigenvalue weighted by Gasteiger charge is -2.05. The smallest absolute Gasteiger partial charge is 0.291 e. The molecule has 4 rings (SSSR count). The van der Waals surface area contributed by atoms with Crippen LogP contribution in [0.25, 0.3) is 11.3 Å². The first-order valence-corrected chi connectivity index (χ1v) is 9.17. The highest BCUT2D eigenvalue weighted by atomic mass is 32.1. The summed E-state index contributed by atoms with van der Waals surface area (Å²) in [5, 5.41) is 8.64. The number of halogens is 1. The Morgan fingerprint density at radius 1 is 1.07 bits per heavy atom. The van der Waals surface area contributed by atoms with Gasteiger partial charge in [-0.15, -0.1) is 5.10 Å². The van der Waals surface area contributed by atoms with Crippen LogP contribution in [-0.2, 0) is 6.61 Å². The maximum Gasteiger partial charge on any atom is 0.291 e. The molecular formula is C20H14FN3O3S. The molecule has 0 saturated heterocycles. The molecule has 8 heteroatoms. The van der Waals surface area contributed by atoms with Crippen molar-refractivity contribution in [2.24, 2.45) is 0 Å². The molecular weight excluding hydrogens is 381 g/mol. The average molecular weight is 395 g/mol. The second-order valence-corrected chi connectivity index (χ2v) is 6.44. The SMILES string of the molecule is O=C(Nc1ccc(-c2csnn2)cc1)c1ccc(COc2ccc(F)cc2)o1. The van der Waals surface area contributed by atoms with Crippen molar-refractivity contribution in [2.75, 3.05) is 5.32 Å². The first kappa shape index (κ1) is 17.9. The number of nitrogens with one attached hydrogen (secondary N) is 1. The minimum atomic E-state index is -0.365. The van der Waals surface area contributed by atoms with Crippen LogP contribution in [0.2, 0.25) is 0 Å². The van der Waals surface area contributed by atoms with Crippen LogP contribution in [0.5, 0.6) is 5.75 Å². The first-order valence-electron chi connectivity index (χ1n) is 8.33. The van der Waals surface area contributed by atoms with Gasteiger partial charge in [-0.2, -0.15) is 0 Å². The maximum absolute atomic E-state index is 12.9. The average Bonchev–Trinajstić information content (AvgIpc) is 3.40. The molecule has 0 unspecified atom stereocenters. The molecule has 0 aliphatic heterocycles. The standard InChI is InChI=1S/C20H14FN3O3S/c21-14-3-7-16(8-4-14)26-11-17-9-10-19(27-17)20(25)22-15-5-1-13(2-6-15)18-12-28-24-23-18/h1-10,12H,11H2,(H,22,25). The van der Waals surface area contributed by atoms with Crippen LogP contribution >= 0.6 is 11.5 Å². The van der Waals surface area contributed by atoms with Gasteiger partial charge in [0, 0.05) is 16.6 Å². The molecule has 0 atom stereocenters. The van der Waals surface area contributed by atoms with Crippen molar-refractivity contribution in [1.82, 2.24) is 9.59 Å². The van der Waals surface area contributed by atoms with Crippen LogP contribution in [0.1, 0.15) is 16.3 Å². The van der Waals surface area contributed by atoms with E-state index in [2.05, 4.69) is 14.9 Å². The van der Waals surface area contributed by atoms with E-state index in [9.17, 15) is 9.18 Å². The molecule has 6 nitrogen and oxygen atoms in total. The van der Waals surface area contributed by atoms with Gasteiger partial charge in [-0.1, -0.05) is 16.6 Å². The van der Waals surface area contributed by atoms with E-state index in [-0.39, 0.29) is 24.1 Å². The summed E-state index contributed by atoms with van der Waals surface area (Å²) in [7, 11) is 0. The molecule has 28 heavy (non-hydrogen) atoms. The van der Waals surface area contributed by atoms with Crippen LogP contribution < -0.4 is 10.1 Å². The zero-order valence-corrected chi connectivity index (χ0v) is 15.3. The fraction of sp³-hybridized carbons (Fsp3) is 0.0500. The third kappa shape index (κ3) is 4.24. The molecule has 1 N–H and O–H groups in total. The summed E-state index contributed by atoms with van der Waals surface area (Å²) < 4.78 is 27.7. The summed E-state index contributed by atoms with van der Waals surface area (Å²) in [5.74, 6) is 0.474. The zero-order valence-electron chi connectivity index (χ0n) is 14.5. The predicted molar refractivity (Wildman–Crippen MR) is 103 cm³/mol. The number of hydrogen-bond donors (Lipinski definition) is 1. The number of nitrogens with zero attached hydrogens (tertiary/aromatic N) is 2. The highest BCUT2D eigenvalue weighted by Gasteiger charge is 2.12. The van der Waals surface area contributed by atoms with Crippen molar-refractivity contribution in [3.05, 3.63) is 83.4 Å². The minimum Gasteiger partial charge on any atom is -0.486 e. The number of amides is 1. The molecule has 0 saturated carbocycles. The van der Waals surface area contributed by atoms with Crippen LogP contribution in [-0.4, -0.2) is 15.5 Å². The Labute approximate surface area is 163 Å². The molecule has 0 aliphatic rings. The molecule has 0 radical (unpaired) electrons. The Hall–Kier alpha value is -3.52. The number of rotatable bonds is 6. The largest absolute Gasteiger partial charge is 0.486 e. The summed E-state index contributed by atoms with van der Waals surface area (Å²) in [5.41, 5.74) is 2.35. The van der Waals surface area contributed by atoms with E-state index in [1.807, 2.05) is 17.5 Å². The minimum absolute atomic E-state index is 0.134. The number of benzene rings is 2. The number of furan rings is 1. The van der Waals surface area contributed by atoms with Gasteiger partial charge >= 0.3 is 0 Å². The number of carbonyl (C=O) groups excluding carboxylic acids is 1. The van der Waals surface area contributed by atoms with Crippen LogP contribution in [0.4, 0.5) is 10.1 Å². The van der Waals surface area contributed by atoms with E-state index in [1.54, 1.807) is 24.3 Å². The number of aromatic nitrogens is 2. The Morgan fingerprint density at radius 3 is 2.57 bits per heavy atom. The number of carbonyl (C=O) groups is 1. The summed E-state index contributed by atoms with van der Waals surface area (Å²) in [4.78, 5) is 12.3. The van der Waals surface area contributed by atoms with Gasteiger partial charge in [-0.25, -0.2) is 4.39 Å². The van der Waals surface area contributed by atoms with Crippen molar-refractivity contribution in [1.29, 1.82) is 0 Å². The van der Waals surface area contributed by atoms with Crippen molar-refractivity contribution in [2.45, 2.75) is 6.61 Å². The van der Waals surface area contributed by atoms with Crippen molar-refractivity contribution < 1.29 is 18.3 Å². The van der Waals surface area contributed by atoms with Crippen molar-refractivity contribution >= 4 is 23.1 Å². The number of hydrogen-bond acceptors (Lipinski definition) is 6. The predicted octanol–water partition coefficient (Wildman–Crippen LogP) is 4.77. The molecule has 2 aromatic carbocycles. The van der Waals surface area contributed by atoms with E-state index >= 15 is 0 Å². The Balaban J connectivity index is 1.35. The van der Waals surface area contributed by atoms with E-state index in [1.165, 1.54) is 35.8 Å². The van der Waals surface area contributed by atoms with E-state index in [4.69, 9.17) is 9.15 Å². The van der Waals surface area contributed by atoms with Gasteiger partial charge in [0.05, 0.1) is 0 Å². The Kier molecular flexibility index (Phi) is 5.11. The highest BCUT2D eigenvalue weighted by Crippen LogP contribution is 2.21. The fourth-order valence-electron chi connectivity index (χ4n) is 2.47. The lowest BCUT2D eigenvalue weighted by Crippen LogP contribution is -2.10. The molecule has 0 bridgehead atoms. The van der Waals surface area contributed by atoms with E-state index < -0.39 is 0 Å². The third-order valence-corrected chi connectivity index (χ3v) is 4.38. The van der Waals surface area contributed by atoms with Gasteiger partial charge in [0.15, 0.2) is 5.76 Å². The van der Waals surface area contributed by atoms with Crippen molar-refractivity contribution in [3.63, 3.8) is 0 Å². The summed E-state index contributed by atoms with van der Waals surface area (Å²) in [6.07, 6.45) is 0. The van der Waals surface area contributed by atoms with Gasteiger partial charge in [-0.3, -0.25) is 4.79 Å². The topological polar surface area (TPSA) is 77.2 Å². The van der Waals surface area contributed by atoms with Gasteiger partial charge < -0.3 is 14.5 Å².